The highest BCUT2D eigenvalue weighted by Gasteiger charge is 2.32. The molecule has 0 aliphatic rings. The van der Waals surface area contributed by atoms with Crippen LogP contribution < -0.4 is 24.8 Å². The first-order valence-electron chi connectivity index (χ1n) is 11.1. The van der Waals surface area contributed by atoms with Crippen LogP contribution in [-0.2, 0) is 25.6 Å². The molecule has 0 aliphatic carbocycles. The molecule has 2 atom stereocenters. The zero-order chi connectivity index (χ0) is 27.0. The van der Waals surface area contributed by atoms with Gasteiger partial charge < -0.3 is 39.4 Å². The average molecular weight is 499 g/mol. The van der Waals surface area contributed by atoms with Crippen molar-refractivity contribution in [3.8, 4) is 17.2 Å². The molecule has 0 saturated carbocycles. The zero-order valence-corrected chi connectivity index (χ0v) is 21.9. The van der Waals surface area contributed by atoms with Gasteiger partial charge in [0.15, 0.2) is 0 Å². The SMILES string of the molecule is COc1cc(OC)c(CNC(=O)[C@@H](O)C[C@H](NC(=O)OC(C)(C)C)C(=O)OC(C)(C)C)c(OC)c1. The van der Waals surface area contributed by atoms with Crippen LogP contribution in [-0.4, -0.2) is 67.8 Å². The Labute approximate surface area is 206 Å². The lowest BCUT2D eigenvalue weighted by molar-refractivity contribution is -0.158. The van der Waals surface area contributed by atoms with Gasteiger partial charge in [-0.2, -0.15) is 0 Å². The summed E-state index contributed by atoms with van der Waals surface area (Å²) in [5, 5.41) is 15.5. The van der Waals surface area contributed by atoms with Gasteiger partial charge in [-0.3, -0.25) is 4.79 Å². The third kappa shape index (κ3) is 10.3. The highest BCUT2D eigenvalue weighted by Crippen LogP contribution is 2.33. The second-order valence-corrected chi connectivity index (χ2v) is 9.71. The smallest absolute Gasteiger partial charge is 0.408 e. The van der Waals surface area contributed by atoms with E-state index >= 15 is 0 Å². The first-order chi connectivity index (χ1) is 16.1. The molecule has 1 rings (SSSR count). The topological polar surface area (TPSA) is 142 Å². The van der Waals surface area contributed by atoms with Gasteiger partial charge in [-0.15, -0.1) is 0 Å². The number of hydrogen-bond acceptors (Lipinski definition) is 9. The summed E-state index contributed by atoms with van der Waals surface area (Å²) in [6.45, 7) is 9.94. The van der Waals surface area contributed by atoms with Crippen LogP contribution in [0.2, 0.25) is 0 Å². The van der Waals surface area contributed by atoms with Crippen LogP contribution in [0.1, 0.15) is 53.5 Å². The molecular weight excluding hydrogens is 460 g/mol. The summed E-state index contributed by atoms with van der Waals surface area (Å²) in [7, 11) is 4.42. The van der Waals surface area contributed by atoms with Gasteiger partial charge in [0.25, 0.3) is 0 Å². The quantitative estimate of drug-likeness (QED) is 0.414. The van der Waals surface area contributed by atoms with Crippen LogP contribution in [0, 0.1) is 0 Å². The van der Waals surface area contributed by atoms with E-state index in [-0.39, 0.29) is 6.54 Å². The fraction of sp³-hybridized carbons (Fsp3) is 0.625. The summed E-state index contributed by atoms with van der Waals surface area (Å²) in [5.74, 6) is -0.260. The number of alkyl carbamates (subject to hydrolysis) is 1. The average Bonchev–Trinajstić information content (AvgIpc) is 2.73. The van der Waals surface area contributed by atoms with Crippen molar-refractivity contribution in [2.75, 3.05) is 21.3 Å². The number of esters is 1. The molecule has 11 nitrogen and oxygen atoms in total. The van der Waals surface area contributed by atoms with E-state index in [9.17, 15) is 19.5 Å². The Hall–Kier alpha value is -3.21. The van der Waals surface area contributed by atoms with Crippen molar-refractivity contribution in [2.45, 2.75) is 77.9 Å². The first kappa shape index (κ1) is 29.8. The van der Waals surface area contributed by atoms with Gasteiger partial charge in [-0.25, -0.2) is 9.59 Å². The van der Waals surface area contributed by atoms with E-state index < -0.39 is 47.7 Å². The van der Waals surface area contributed by atoms with Gasteiger partial charge in [0.2, 0.25) is 5.91 Å². The van der Waals surface area contributed by atoms with Gasteiger partial charge in [0.05, 0.1) is 33.4 Å². The molecule has 0 unspecified atom stereocenters. The standard InChI is InChI=1S/C24H38N2O9/c1-23(2,3)34-21(29)16(26-22(30)35-24(4,5)6)12-17(27)20(28)25-13-15-18(32-8)10-14(31-7)11-19(15)33-9/h10-11,16-17,27H,12-13H2,1-9H3,(H,25,28)(H,26,30)/t16-,17-/m0/s1. The largest absolute Gasteiger partial charge is 0.496 e. The molecule has 1 aromatic rings. The number of methoxy groups -OCH3 is 3. The lowest BCUT2D eigenvalue weighted by atomic mass is 10.1. The fourth-order valence-electron chi connectivity index (χ4n) is 2.91. The van der Waals surface area contributed by atoms with Crippen LogP contribution in [0.4, 0.5) is 4.79 Å². The van der Waals surface area contributed by atoms with E-state index in [1.54, 1.807) is 53.7 Å². The minimum atomic E-state index is -1.64. The Morgan fingerprint density at radius 1 is 0.886 bits per heavy atom. The Morgan fingerprint density at radius 2 is 1.40 bits per heavy atom. The number of ether oxygens (including phenoxy) is 5. The summed E-state index contributed by atoms with van der Waals surface area (Å²) in [6.07, 6.45) is -2.96. The molecule has 0 heterocycles. The van der Waals surface area contributed by atoms with Crippen molar-refractivity contribution >= 4 is 18.0 Å². The second-order valence-electron chi connectivity index (χ2n) is 9.71. The zero-order valence-electron chi connectivity index (χ0n) is 21.9. The van der Waals surface area contributed by atoms with E-state index in [1.807, 2.05) is 0 Å². The van der Waals surface area contributed by atoms with Crippen molar-refractivity contribution < 1.29 is 43.2 Å². The lowest BCUT2D eigenvalue weighted by Gasteiger charge is -2.27. The highest BCUT2D eigenvalue weighted by molar-refractivity contribution is 5.85. The number of nitrogens with one attached hydrogen (secondary N) is 2. The molecule has 0 saturated heterocycles. The summed E-state index contributed by atoms with van der Waals surface area (Å²) < 4.78 is 26.4. The normalized spacial score (nSPS) is 13.2. The predicted octanol–water partition coefficient (Wildman–Crippen LogP) is 2.31. The molecule has 35 heavy (non-hydrogen) atoms. The van der Waals surface area contributed by atoms with E-state index in [2.05, 4.69) is 10.6 Å². The number of carbonyl (C=O) groups excluding carboxylic acids is 3. The van der Waals surface area contributed by atoms with Crippen LogP contribution in [0.5, 0.6) is 17.2 Å². The summed E-state index contributed by atoms with van der Waals surface area (Å²) in [4.78, 5) is 37.5. The molecule has 0 spiro atoms. The van der Waals surface area contributed by atoms with Crippen LogP contribution >= 0.6 is 0 Å². The van der Waals surface area contributed by atoms with E-state index in [0.29, 0.717) is 22.8 Å². The number of aliphatic hydroxyl groups excluding tert-OH is 1. The minimum Gasteiger partial charge on any atom is -0.496 e. The van der Waals surface area contributed by atoms with Crippen molar-refractivity contribution in [3.63, 3.8) is 0 Å². The number of benzene rings is 1. The monoisotopic (exact) mass is 498 g/mol. The van der Waals surface area contributed by atoms with Gasteiger partial charge in [0, 0.05) is 18.6 Å². The molecule has 1 aromatic carbocycles. The predicted molar refractivity (Wildman–Crippen MR) is 128 cm³/mol. The van der Waals surface area contributed by atoms with Crippen LogP contribution in [0.25, 0.3) is 0 Å². The number of hydrogen-bond donors (Lipinski definition) is 3. The van der Waals surface area contributed by atoms with E-state index in [1.165, 1.54) is 21.3 Å². The maximum Gasteiger partial charge on any atom is 0.408 e. The van der Waals surface area contributed by atoms with Gasteiger partial charge in [0.1, 0.15) is 40.6 Å². The van der Waals surface area contributed by atoms with E-state index in [4.69, 9.17) is 23.7 Å². The highest BCUT2D eigenvalue weighted by atomic mass is 16.6. The molecule has 0 fully saturated rings. The van der Waals surface area contributed by atoms with Crippen LogP contribution in [0.3, 0.4) is 0 Å². The maximum absolute atomic E-state index is 12.6. The first-order valence-corrected chi connectivity index (χ1v) is 11.1. The number of amides is 2. The van der Waals surface area contributed by atoms with Gasteiger partial charge in [-0.1, -0.05) is 0 Å². The third-order valence-corrected chi connectivity index (χ3v) is 4.40. The molecule has 0 aliphatic heterocycles. The molecule has 0 radical (unpaired) electrons. The van der Waals surface area contributed by atoms with Gasteiger partial charge in [-0.05, 0) is 41.5 Å². The molecule has 198 valence electrons. The Bertz CT molecular complexity index is 863. The summed E-state index contributed by atoms with van der Waals surface area (Å²) >= 11 is 0. The second kappa shape index (κ2) is 12.5. The van der Waals surface area contributed by atoms with Crippen molar-refractivity contribution in [1.29, 1.82) is 0 Å². The molecule has 0 bridgehead atoms. The Kier molecular flexibility index (Phi) is 10.6. The van der Waals surface area contributed by atoms with Crippen LogP contribution in [0.15, 0.2) is 12.1 Å². The van der Waals surface area contributed by atoms with Crippen molar-refractivity contribution in [3.05, 3.63) is 17.7 Å². The molecule has 11 heteroatoms. The summed E-state index contributed by atoms with van der Waals surface area (Å²) in [6, 6.07) is 1.93. The maximum atomic E-state index is 12.6. The van der Waals surface area contributed by atoms with E-state index in [0.717, 1.165) is 0 Å². The Morgan fingerprint density at radius 3 is 1.83 bits per heavy atom. The number of aliphatic hydroxyl groups is 1. The number of carbonyl (C=O) groups is 3. The lowest BCUT2D eigenvalue weighted by Crippen LogP contribution is -2.49. The number of rotatable bonds is 10. The summed E-state index contributed by atoms with van der Waals surface area (Å²) in [5.41, 5.74) is -1.14. The molecule has 2 amide bonds. The fourth-order valence-corrected chi connectivity index (χ4v) is 2.91. The molecule has 0 aromatic heterocycles. The third-order valence-electron chi connectivity index (χ3n) is 4.40. The van der Waals surface area contributed by atoms with Crippen molar-refractivity contribution in [2.24, 2.45) is 0 Å². The Balaban J connectivity index is 2.97. The van der Waals surface area contributed by atoms with Gasteiger partial charge >= 0.3 is 12.1 Å². The van der Waals surface area contributed by atoms with Crippen molar-refractivity contribution in [1.82, 2.24) is 10.6 Å². The molecule has 3 N–H and O–H groups in total. The molecular formula is C24H38N2O9. The minimum absolute atomic E-state index is 0.0389.